The van der Waals surface area contributed by atoms with Crippen LogP contribution in [-0.4, -0.2) is 10.4 Å². The average molecular weight is 314 g/mol. The van der Waals surface area contributed by atoms with E-state index < -0.39 is 11.7 Å². The lowest BCUT2D eigenvalue weighted by molar-refractivity contribution is -0.137. The van der Waals surface area contributed by atoms with Gasteiger partial charge in [-0.3, -0.25) is 4.79 Å². The highest BCUT2D eigenvalue weighted by atomic mass is 35.5. The van der Waals surface area contributed by atoms with Gasteiger partial charge in [0.15, 0.2) is 5.78 Å². The van der Waals surface area contributed by atoms with Gasteiger partial charge in [0.05, 0.1) is 11.3 Å². The van der Waals surface area contributed by atoms with E-state index in [-0.39, 0.29) is 16.5 Å². The lowest BCUT2D eigenvalue weighted by Crippen LogP contribution is -2.15. The summed E-state index contributed by atoms with van der Waals surface area (Å²) in [6.07, 6.45) is -1.29. The maximum atomic E-state index is 13.2. The summed E-state index contributed by atoms with van der Waals surface area (Å²) in [5, 5.41) is 0.0307. The Morgan fingerprint density at radius 1 is 1.14 bits per heavy atom. The second kappa shape index (κ2) is 4.91. The second-order valence-corrected chi connectivity index (χ2v) is 5.42. The summed E-state index contributed by atoms with van der Waals surface area (Å²) in [7, 11) is 0. The molecule has 0 bridgehead atoms. The van der Waals surface area contributed by atoms with Crippen LogP contribution in [0.2, 0.25) is 5.02 Å². The molecule has 0 N–H and O–H groups in total. The number of rotatable bonds is 1. The third-order valence-corrected chi connectivity index (χ3v) is 3.87. The number of alkyl halides is 3. The summed E-state index contributed by atoms with van der Waals surface area (Å²) in [5.41, 5.74) is 0.359. The Morgan fingerprint density at radius 3 is 2.62 bits per heavy atom. The Kier molecular flexibility index (Phi) is 3.32. The first-order valence-electron chi connectivity index (χ1n) is 6.48. The molecule has 0 aliphatic heterocycles. The zero-order valence-electron chi connectivity index (χ0n) is 10.9. The summed E-state index contributed by atoms with van der Waals surface area (Å²) >= 11 is 5.69. The first kappa shape index (κ1) is 14.2. The monoisotopic (exact) mass is 313 g/mol. The van der Waals surface area contributed by atoms with Crippen LogP contribution in [0.1, 0.15) is 34.5 Å². The van der Waals surface area contributed by atoms with E-state index in [4.69, 9.17) is 11.6 Å². The highest BCUT2D eigenvalue weighted by molar-refractivity contribution is 6.30. The van der Waals surface area contributed by atoms with Crippen molar-refractivity contribution < 1.29 is 18.0 Å². The molecule has 0 amide bonds. The lowest BCUT2D eigenvalue weighted by Gasteiger charge is -2.19. The van der Waals surface area contributed by atoms with Crippen LogP contribution in [-0.2, 0) is 12.6 Å². The van der Waals surface area contributed by atoms with E-state index in [9.17, 15) is 18.0 Å². The maximum Gasteiger partial charge on any atom is 0.418 e. The lowest BCUT2D eigenvalue weighted by atomic mass is 9.96. The van der Waals surface area contributed by atoms with Gasteiger partial charge >= 0.3 is 6.18 Å². The van der Waals surface area contributed by atoms with Crippen molar-refractivity contribution in [2.24, 2.45) is 0 Å². The van der Waals surface area contributed by atoms with Crippen LogP contribution in [0.25, 0.3) is 5.69 Å². The van der Waals surface area contributed by atoms with Gasteiger partial charge in [-0.1, -0.05) is 11.6 Å². The van der Waals surface area contributed by atoms with Gasteiger partial charge in [0, 0.05) is 28.9 Å². The largest absolute Gasteiger partial charge is 0.418 e. The molecular weight excluding hydrogens is 303 g/mol. The molecule has 0 radical (unpaired) electrons. The molecule has 1 aliphatic rings. The quantitative estimate of drug-likeness (QED) is 0.750. The minimum absolute atomic E-state index is 0.00264. The molecule has 0 saturated heterocycles. The molecule has 3 rings (SSSR count). The first-order valence-corrected chi connectivity index (χ1v) is 6.86. The number of hydrogen-bond donors (Lipinski definition) is 0. The molecule has 1 aliphatic carbocycles. The van der Waals surface area contributed by atoms with Gasteiger partial charge in [0.1, 0.15) is 0 Å². The van der Waals surface area contributed by atoms with Gasteiger partial charge in [0.25, 0.3) is 0 Å². The topological polar surface area (TPSA) is 22.0 Å². The molecule has 1 aromatic carbocycles. The van der Waals surface area contributed by atoms with Gasteiger partial charge in [-0.15, -0.1) is 0 Å². The Labute approximate surface area is 124 Å². The van der Waals surface area contributed by atoms with Gasteiger partial charge in [-0.2, -0.15) is 13.2 Å². The van der Waals surface area contributed by atoms with Crippen LogP contribution in [0.3, 0.4) is 0 Å². The van der Waals surface area contributed by atoms with E-state index in [2.05, 4.69) is 0 Å². The molecule has 0 fully saturated rings. The predicted molar refractivity (Wildman–Crippen MR) is 73.0 cm³/mol. The fourth-order valence-electron chi connectivity index (χ4n) is 2.70. The van der Waals surface area contributed by atoms with Gasteiger partial charge in [0.2, 0.25) is 0 Å². The number of aromatic nitrogens is 1. The highest BCUT2D eigenvalue weighted by Gasteiger charge is 2.35. The van der Waals surface area contributed by atoms with Crippen molar-refractivity contribution in [3.05, 3.63) is 52.3 Å². The molecule has 110 valence electrons. The van der Waals surface area contributed by atoms with Crippen molar-refractivity contribution in [2.75, 3.05) is 0 Å². The molecular formula is C15H11ClF3NO. The zero-order valence-corrected chi connectivity index (χ0v) is 11.6. The zero-order chi connectivity index (χ0) is 15.2. The van der Waals surface area contributed by atoms with Crippen molar-refractivity contribution in [1.29, 1.82) is 0 Å². The number of ketones is 1. The van der Waals surface area contributed by atoms with Crippen molar-refractivity contribution in [3.63, 3.8) is 0 Å². The molecule has 0 atom stereocenters. The third-order valence-electron chi connectivity index (χ3n) is 3.63. The summed E-state index contributed by atoms with van der Waals surface area (Å²) in [4.78, 5) is 11.8. The molecule has 1 aromatic heterocycles. The first-order chi connectivity index (χ1) is 9.88. The van der Waals surface area contributed by atoms with Crippen LogP contribution in [0, 0.1) is 0 Å². The average Bonchev–Trinajstić information content (AvgIpc) is 2.83. The third kappa shape index (κ3) is 2.46. The van der Waals surface area contributed by atoms with E-state index in [1.807, 2.05) is 0 Å². The fourth-order valence-corrected chi connectivity index (χ4v) is 2.87. The van der Waals surface area contributed by atoms with Crippen LogP contribution in [0.4, 0.5) is 13.2 Å². The molecule has 21 heavy (non-hydrogen) atoms. The molecule has 2 aromatic rings. The number of carbonyl (C=O) groups excluding carboxylic acids is 1. The van der Waals surface area contributed by atoms with Gasteiger partial charge < -0.3 is 4.57 Å². The number of hydrogen-bond acceptors (Lipinski definition) is 1. The van der Waals surface area contributed by atoms with E-state index in [1.165, 1.54) is 22.9 Å². The molecule has 2 nitrogen and oxygen atoms in total. The number of halogens is 4. The molecule has 0 unspecified atom stereocenters. The molecule has 0 saturated carbocycles. The Bertz CT molecular complexity index is 718. The van der Waals surface area contributed by atoms with Crippen LogP contribution in [0.5, 0.6) is 0 Å². The standard InChI is InChI=1S/C15H11ClF3NO/c16-9-4-5-13(11(8-9)15(17,18)19)20-7-6-10-12(20)2-1-3-14(10)21/h4-8H,1-3H2. The summed E-state index contributed by atoms with van der Waals surface area (Å²) in [5.74, 6) is -0.0162. The van der Waals surface area contributed by atoms with Crippen molar-refractivity contribution >= 4 is 17.4 Å². The van der Waals surface area contributed by atoms with Crippen molar-refractivity contribution in [1.82, 2.24) is 4.57 Å². The fraction of sp³-hybridized carbons (Fsp3) is 0.267. The second-order valence-electron chi connectivity index (χ2n) is 4.98. The Morgan fingerprint density at radius 2 is 1.90 bits per heavy atom. The SMILES string of the molecule is O=C1CCCc2c1ccn2-c1ccc(Cl)cc1C(F)(F)F. The molecule has 1 heterocycles. The van der Waals surface area contributed by atoms with E-state index >= 15 is 0 Å². The van der Waals surface area contributed by atoms with Crippen molar-refractivity contribution in [3.8, 4) is 5.69 Å². The number of carbonyl (C=O) groups is 1. The number of Topliss-reactive ketones (excluding diaryl/α,β-unsaturated/α-hetero) is 1. The molecule has 0 spiro atoms. The van der Waals surface area contributed by atoms with Crippen LogP contribution < -0.4 is 0 Å². The summed E-state index contributed by atoms with van der Waals surface area (Å²) in [6, 6.07) is 5.26. The van der Waals surface area contributed by atoms with Crippen LogP contribution in [0.15, 0.2) is 30.5 Å². The van der Waals surface area contributed by atoms with Crippen LogP contribution >= 0.6 is 11.6 Å². The minimum atomic E-state index is -4.50. The van der Waals surface area contributed by atoms with E-state index in [0.717, 1.165) is 6.07 Å². The molecule has 6 heteroatoms. The smallest absolute Gasteiger partial charge is 0.320 e. The predicted octanol–water partition coefficient (Wildman–Crippen LogP) is 4.67. The number of benzene rings is 1. The highest BCUT2D eigenvalue weighted by Crippen LogP contribution is 2.37. The van der Waals surface area contributed by atoms with Gasteiger partial charge in [-0.25, -0.2) is 0 Å². The van der Waals surface area contributed by atoms with E-state index in [1.54, 1.807) is 6.07 Å². The normalized spacial score (nSPS) is 15.1. The Hall–Kier alpha value is -1.75. The summed E-state index contributed by atoms with van der Waals surface area (Å²) in [6.45, 7) is 0. The Balaban J connectivity index is 2.20. The minimum Gasteiger partial charge on any atom is -0.320 e. The maximum absolute atomic E-state index is 13.2. The number of fused-ring (bicyclic) bond motifs is 1. The van der Waals surface area contributed by atoms with E-state index in [0.29, 0.717) is 30.5 Å². The van der Waals surface area contributed by atoms with Gasteiger partial charge in [-0.05, 0) is 37.1 Å². The van der Waals surface area contributed by atoms with Crippen molar-refractivity contribution in [2.45, 2.75) is 25.4 Å². The summed E-state index contributed by atoms with van der Waals surface area (Å²) < 4.78 is 41.0. The number of nitrogens with zero attached hydrogens (tertiary/aromatic N) is 1.